The van der Waals surface area contributed by atoms with Crippen LogP contribution in [-0.4, -0.2) is 51.2 Å². The van der Waals surface area contributed by atoms with Crippen LogP contribution < -0.4 is 14.8 Å². The summed E-state index contributed by atoms with van der Waals surface area (Å²) in [4.78, 5) is 27.7. The van der Waals surface area contributed by atoms with Gasteiger partial charge in [-0.2, -0.15) is 0 Å². The number of esters is 1. The Kier molecular flexibility index (Phi) is 8.04. The van der Waals surface area contributed by atoms with E-state index in [4.69, 9.17) is 14.2 Å². The Morgan fingerprint density at radius 2 is 1.79 bits per heavy atom. The molecule has 1 N–H and O–H groups in total. The highest BCUT2D eigenvalue weighted by Crippen LogP contribution is 2.33. The number of rotatable bonds is 9. The lowest BCUT2D eigenvalue weighted by Gasteiger charge is -2.20. The number of likely N-dealkylation sites (N-methyl/N-ethyl adjacent to an activating group) is 1. The third-order valence-corrected chi connectivity index (χ3v) is 5.82. The van der Waals surface area contributed by atoms with E-state index in [1.165, 1.54) is 18.4 Å². The number of amides is 1. The highest BCUT2D eigenvalue weighted by Gasteiger charge is 2.22. The maximum atomic E-state index is 12.6. The molecular formula is C21H28N2O5S. The van der Waals surface area contributed by atoms with Crippen LogP contribution in [0.15, 0.2) is 18.2 Å². The number of benzene rings is 1. The fraction of sp³-hybridized carbons (Fsp3) is 0.429. The summed E-state index contributed by atoms with van der Waals surface area (Å²) in [6, 6.07) is 5.70. The van der Waals surface area contributed by atoms with Crippen molar-refractivity contribution in [3.05, 3.63) is 39.8 Å². The number of nitrogens with one attached hydrogen (secondary N) is 1. The van der Waals surface area contributed by atoms with Crippen LogP contribution in [0.1, 0.15) is 33.3 Å². The average molecular weight is 421 g/mol. The summed E-state index contributed by atoms with van der Waals surface area (Å²) in [6.07, 6.45) is 0. The first-order valence-corrected chi connectivity index (χ1v) is 10.1. The molecule has 0 aliphatic heterocycles. The number of nitrogens with zero attached hydrogens (tertiary/aromatic N) is 1. The summed E-state index contributed by atoms with van der Waals surface area (Å²) in [7, 11) is 4.52. The minimum Gasteiger partial charge on any atom is -0.493 e. The van der Waals surface area contributed by atoms with E-state index in [2.05, 4.69) is 5.32 Å². The minimum absolute atomic E-state index is 0.182. The van der Waals surface area contributed by atoms with Gasteiger partial charge in [0, 0.05) is 11.4 Å². The molecule has 0 bridgehead atoms. The minimum atomic E-state index is -0.445. The second-order valence-electron chi connectivity index (χ2n) is 6.52. The maximum Gasteiger partial charge on any atom is 0.341 e. The van der Waals surface area contributed by atoms with Gasteiger partial charge in [-0.3, -0.25) is 9.69 Å². The molecule has 8 heteroatoms. The summed E-state index contributed by atoms with van der Waals surface area (Å²) < 4.78 is 15.5. The normalized spacial score (nSPS) is 10.7. The first-order chi connectivity index (χ1) is 13.8. The zero-order chi connectivity index (χ0) is 21.6. The lowest BCUT2D eigenvalue weighted by Crippen LogP contribution is -2.32. The molecule has 0 unspecified atom stereocenters. The van der Waals surface area contributed by atoms with Crippen molar-refractivity contribution in [1.82, 2.24) is 4.90 Å². The molecule has 0 saturated heterocycles. The number of anilines is 1. The highest BCUT2D eigenvalue weighted by molar-refractivity contribution is 7.16. The van der Waals surface area contributed by atoms with Gasteiger partial charge in [-0.1, -0.05) is 13.0 Å². The summed E-state index contributed by atoms with van der Waals surface area (Å²) in [5, 5.41) is 3.40. The zero-order valence-electron chi connectivity index (χ0n) is 17.8. The van der Waals surface area contributed by atoms with Crippen LogP contribution in [0.5, 0.6) is 11.5 Å². The lowest BCUT2D eigenvalue weighted by molar-refractivity contribution is -0.117. The van der Waals surface area contributed by atoms with Crippen molar-refractivity contribution in [3.63, 3.8) is 0 Å². The van der Waals surface area contributed by atoms with E-state index in [0.29, 0.717) is 35.2 Å². The predicted molar refractivity (Wildman–Crippen MR) is 114 cm³/mol. The highest BCUT2D eigenvalue weighted by atomic mass is 32.1. The predicted octanol–water partition coefficient (Wildman–Crippen LogP) is 3.63. The van der Waals surface area contributed by atoms with Gasteiger partial charge >= 0.3 is 5.97 Å². The van der Waals surface area contributed by atoms with Crippen molar-refractivity contribution in [3.8, 4) is 11.5 Å². The second kappa shape index (κ2) is 10.3. The zero-order valence-corrected chi connectivity index (χ0v) is 18.6. The number of methoxy groups -OCH3 is 3. The quantitative estimate of drug-likeness (QED) is 0.624. The second-order valence-corrected chi connectivity index (χ2v) is 7.74. The van der Waals surface area contributed by atoms with Gasteiger partial charge < -0.3 is 19.5 Å². The number of hydrogen-bond acceptors (Lipinski definition) is 7. The molecule has 0 saturated carbocycles. The Bertz CT molecular complexity index is 878. The van der Waals surface area contributed by atoms with Crippen molar-refractivity contribution in [2.75, 3.05) is 39.7 Å². The molecule has 158 valence electrons. The monoisotopic (exact) mass is 420 g/mol. The molecule has 7 nitrogen and oxygen atoms in total. The molecule has 2 rings (SSSR count). The molecule has 0 aliphatic rings. The fourth-order valence-corrected chi connectivity index (χ4v) is 4.01. The number of carbonyl (C=O) groups is 2. The lowest BCUT2D eigenvalue weighted by atomic mass is 10.1. The number of ether oxygens (including phenoxy) is 3. The van der Waals surface area contributed by atoms with Crippen LogP contribution in [0.2, 0.25) is 0 Å². The van der Waals surface area contributed by atoms with Crippen molar-refractivity contribution in [2.24, 2.45) is 0 Å². The molecule has 1 aromatic carbocycles. The van der Waals surface area contributed by atoms with Gasteiger partial charge in [-0.05, 0) is 43.7 Å². The number of carbonyl (C=O) groups excluding carboxylic acids is 2. The summed E-state index contributed by atoms with van der Waals surface area (Å²) in [6.45, 7) is 7.22. The standard InChI is InChI=1S/C21H28N2O5S/c1-7-23(11-15-8-9-16(26-4)17(10-15)27-5)12-18(24)22-20-19(21(25)28-6)13(2)14(3)29-20/h8-10H,7,11-12H2,1-6H3,(H,22,24). The van der Waals surface area contributed by atoms with Crippen LogP contribution >= 0.6 is 11.3 Å². The van der Waals surface area contributed by atoms with Crippen LogP contribution in [0.3, 0.4) is 0 Å². The van der Waals surface area contributed by atoms with Crippen molar-refractivity contribution in [2.45, 2.75) is 27.3 Å². The van der Waals surface area contributed by atoms with Gasteiger partial charge in [-0.15, -0.1) is 11.3 Å². The van der Waals surface area contributed by atoms with E-state index >= 15 is 0 Å². The van der Waals surface area contributed by atoms with E-state index in [1.54, 1.807) is 14.2 Å². The van der Waals surface area contributed by atoms with E-state index in [-0.39, 0.29) is 12.5 Å². The summed E-state index contributed by atoms with van der Waals surface area (Å²) >= 11 is 1.38. The Morgan fingerprint density at radius 3 is 2.38 bits per heavy atom. The average Bonchev–Trinajstić information content (AvgIpc) is 2.99. The molecular weight excluding hydrogens is 392 g/mol. The Labute approximate surface area is 175 Å². The van der Waals surface area contributed by atoms with Gasteiger partial charge in [0.05, 0.1) is 33.4 Å². The molecule has 0 spiro atoms. The van der Waals surface area contributed by atoms with E-state index in [1.807, 2.05) is 43.9 Å². The van der Waals surface area contributed by atoms with Gasteiger partial charge in [-0.25, -0.2) is 4.79 Å². The Hall–Kier alpha value is -2.58. The molecule has 29 heavy (non-hydrogen) atoms. The van der Waals surface area contributed by atoms with Crippen LogP contribution in [0.4, 0.5) is 5.00 Å². The molecule has 0 aliphatic carbocycles. The largest absolute Gasteiger partial charge is 0.493 e. The summed E-state index contributed by atoms with van der Waals surface area (Å²) in [5.41, 5.74) is 2.26. The smallest absolute Gasteiger partial charge is 0.341 e. The molecule has 0 radical (unpaired) electrons. The van der Waals surface area contributed by atoms with Crippen LogP contribution in [-0.2, 0) is 16.1 Å². The van der Waals surface area contributed by atoms with Gasteiger partial charge in [0.25, 0.3) is 0 Å². The summed E-state index contributed by atoms with van der Waals surface area (Å²) in [5.74, 6) is 0.687. The first kappa shape index (κ1) is 22.7. The molecule has 0 fully saturated rings. The van der Waals surface area contributed by atoms with Crippen LogP contribution in [0, 0.1) is 13.8 Å². The number of aryl methyl sites for hydroxylation is 1. The molecule has 1 amide bonds. The fourth-order valence-electron chi connectivity index (χ4n) is 2.95. The third-order valence-electron chi connectivity index (χ3n) is 4.70. The van der Waals surface area contributed by atoms with Gasteiger partial charge in [0.1, 0.15) is 5.00 Å². The van der Waals surface area contributed by atoms with E-state index < -0.39 is 5.97 Å². The van der Waals surface area contributed by atoms with Gasteiger partial charge in [0.2, 0.25) is 5.91 Å². The van der Waals surface area contributed by atoms with Crippen molar-refractivity contribution in [1.29, 1.82) is 0 Å². The number of thiophene rings is 1. The number of hydrogen-bond donors (Lipinski definition) is 1. The van der Waals surface area contributed by atoms with Crippen LogP contribution in [0.25, 0.3) is 0 Å². The van der Waals surface area contributed by atoms with Crippen molar-refractivity contribution >= 4 is 28.2 Å². The molecule has 0 atom stereocenters. The molecule has 2 aromatic rings. The topological polar surface area (TPSA) is 77.1 Å². The van der Waals surface area contributed by atoms with E-state index in [9.17, 15) is 9.59 Å². The van der Waals surface area contributed by atoms with E-state index in [0.717, 1.165) is 16.0 Å². The Morgan fingerprint density at radius 1 is 1.10 bits per heavy atom. The third kappa shape index (κ3) is 5.48. The SMILES string of the molecule is CCN(CC(=O)Nc1sc(C)c(C)c1C(=O)OC)Cc1ccc(OC)c(OC)c1. The Balaban J connectivity index is 2.09. The van der Waals surface area contributed by atoms with Crippen molar-refractivity contribution < 1.29 is 23.8 Å². The first-order valence-electron chi connectivity index (χ1n) is 9.25. The molecule has 1 heterocycles. The maximum absolute atomic E-state index is 12.6. The molecule has 1 aromatic heterocycles. The van der Waals surface area contributed by atoms with Gasteiger partial charge in [0.15, 0.2) is 11.5 Å².